The van der Waals surface area contributed by atoms with Gasteiger partial charge >= 0.3 is 6.18 Å². The molecule has 2 N–H and O–H groups in total. The highest BCUT2D eigenvalue weighted by Crippen LogP contribution is 2.40. The Labute approximate surface area is 191 Å². The van der Waals surface area contributed by atoms with Gasteiger partial charge in [-0.1, -0.05) is 18.2 Å². The van der Waals surface area contributed by atoms with Crippen LogP contribution in [-0.4, -0.2) is 45.4 Å². The fraction of sp³-hybridized carbons (Fsp3) is 0.286. The zero-order chi connectivity index (χ0) is 24.0. The number of hydrogen-bond donors (Lipinski definition) is 1. The molecule has 12 heteroatoms. The van der Waals surface area contributed by atoms with Crippen LogP contribution in [-0.2, 0) is 20.9 Å². The Hall–Kier alpha value is -2.67. The van der Waals surface area contributed by atoms with Gasteiger partial charge in [0.15, 0.2) is 0 Å². The van der Waals surface area contributed by atoms with Crippen LogP contribution in [0.1, 0.15) is 26.9 Å². The lowest BCUT2D eigenvalue weighted by atomic mass is 10.0. The predicted octanol–water partition coefficient (Wildman–Crippen LogP) is 3.79. The number of fused-ring (bicyclic) bond motifs is 1. The van der Waals surface area contributed by atoms with Crippen molar-refractivity contribution in [2.45, 2.75) is 17.2 Å². The molecule has 0 bridgehead atoms. The van der Waals surface area contributed by atoms with Gasteiger partial charge in [0.1, 0.15) is 5.75 Å². The number of carbonyl (C=O) groups is 1. The summed E-state index contributed by atoms with van der Waals surface area (Å²) in [4.78, 5) is 12.0. The molecule has 1 saturated heterocycles. The monoisotopic (exact) mass is 500 g/mol. The molecular formula is C21H19F3N2O5S2. The lowest BCUT2D eigenvalue weighted by Gasteiger charge is -2.32. The molecular weight excluding hydrogens is 481 g/mol. The lowest BCUT2D eigenvalue weighted by Crippen LogP contribution is -2.42. The third-order valence-electron chi connectivity index (χ3n) is 5.32. The van der Waals surface area contributed by atoms with Gasteiger partial charge in [-0.3, -0.25) is 4.79 Å². The first kappa shape index (κ1) is 23.5. The first-order valence-electron chi connectivity index (χ1n) is 9.72. The number of hydrogen-bond acceptors (Lipinski definition) is 6. The molecule has 0 spiro atoms. The van der Waals surface area contributed by atoms with E-state index in [1.54, 1.807) is 12.1 Å². The Balaban J connectivity index is 1.71. The number of rotatable bonds is 5. The van der Waals surface area contributed by atoms with Gasteiger partial charge in [0.25, 0.3) is 5.91 Å². The van der Waals surface area contributed by atoms with E-state index in [1.165, 1.54) is 11.3 Å². The van der Waals surface area contributed by atoms with Crippen LogP contribution in [0.3, 0.4) is 0 Å². The summed E-state index contributed by atoms with van der Waals surface area (Å²) < 4.78 is 78.5. The number of benzene rings is 2. The number of carbonyl (C=O) groups excluding carboxylic acids is 1. The van der Waals surface area contributed by atoms with Gasteiger partial charge in [-0.25, -0.2) is 8.42 Å². The summed E-state index contributed by atoms with van der Waals surface area (Å²) in [6, 6.07) is 9.66. The van der Waals surface area contributed by atoms with E-state index in [-0.39, 0.29) is 29.5 Å². The molecule has 4 rings (SSSR count). The molecule has 0 radical (unpaired) electrons. The van der Waals surface area contributed by atoms with Gasteiger partial charge in [0, 0.05) is 29.4 Å². The molecule has 1 fully saturated rings. The number of halogens is 3. The molecule has 0 unspecified atom stereocenters. The molecule has 1 aliphatic heterocycles. The van der Waals surface area contributed by atoms with Crippen LogP contribution in [0.4, 0.5) is 13.2 Å². The zero-order valence-corrected chi connectivity index (χ0v) is 18.9. The maximum Gasteiger partial charge on any atom is 0.419 e. The van der Waals surface area contributed by atoms with E-state index >= 15 is 0 Å². The van der Waals surface area contributed by atoms with Crippen LogP contribution in [0.15, 0.2) is 47.4 Å². The Morgan fingerprint density at radius 1 is 1.24 bits per heavy atom. The number of primary amides is 1. The number of ether oxygens (including phenoxy) is 2. The fourth-order valence-electron chi connectivity index (χ4n) is 3.80. The number of amides is 1. The van der Waals surface area contributed by atoms with Gasteiger partial charge in [0.05, 0.1) is 35.2 Å². The number of nitrogens with zero attached hydrogens (tertiary/aromatic N) is 1. The van der Waals surface area contributed by atoms with Crippen LogP contribution >= 0.6 is 11.3 Å². The number of sulfonamides is 1. The van der Waals surface area contributed by atoms with Crippen LogP contribution in [0.5, 0.6) is 5.75 Å². The highest BCUT2D eigenvalue weighted by atomic mass is 32.2. The van der Waals surface area contributed by atoms with Gasteiger partial charge < -0.3 is 15.2 Å². The lowest BCUT2D eigenvalue weighted by molar-refractivity contribution is -0.138. The Kier molecular flexibility index (Phi) is 6.12. The molecule has 176 valence electrons. The van der Waals surface area contributed by atoms with E-state index in [1.807, 2.05) is 12.1 Å². The number of alkyl halides is 3. The second kappa shape index (κ2) is 8.60. The fourth-order valence-corrected chi connectivity index (χ4v) is 6.35. The second-order valence-electron chi connectivity index (χ2n) is 7.29. The number of nitrogens with two attached hydrogens (primary N) is 1. The van der Waals surface area contributed by atoms with Gasteiger partial charge in [-0.05, 0) is 23.6 Å². The van der Waals surface area contributed by atoms with Gasteiger partial charge in [0.2, 0.25) is 10.0 Å². The number of methoxy groups -OCH3 is 1. The maximum atomic E-state index is 13.3. The minimum absolute atomic E-state index is 0.00382. The highest BCUT2D eigenvalue weighted by molar-refractivity contribution is 7.89. The molecule has 1 aromatic heterocycles. The second-order valence-corrected chi connectivity index (χ2v) is 10.3. The average Bonchev–Trinajstić information content (AvgIpc) is 3.18. The Bertz CT molecular complexity index is 1320. The van der Waals surface area contributed by atoms with Crippen molar-refractivity contribution in [1.82, 2.24) is 4.31 Å². The summed E-state index contributed by atoms with van der Waals surface area (Å²) in [6.07, 6.45) is -5.47. The predicted molar refractivity (Wildman–Crippen MR) is 116 cm³/mol. The highest BCUT2D eigenvalue weighted by Gasteiger charge is 2.38. The molecule has 1 aliphatic rings. The standard InChI is InChI=1S/C21H19F3N2O5S2/c1-30-15-10-12(6-7-14(15)21(22,23)24)33(28,29)26-8-9-31-16(11-26)18-13-4-2-3-5-17(13)32-19(18)20(25)27/h2-7,10,16H,8-9,11H2,1H3,(H2,25,27)/t16-/m0/s1. The first-order valence-corrected chi connectivity index (χ1v) is 12.0. The third-order valence-corrected chi connectivity index (χ3v) is 8.39. The van der Waals surface area contributed by atoms with Crippen molar-refractivity contribution in [2.24, 2.45) is 5.73 Å². The van der Waals surface area contributed by atoms with Crippen molar-refractivity contribution in [1.29, 1.82) is 0 Å². The van der Waals surface area contributed by atoms with E-state index in [4.69, 9.17) is 15.2 Å². The molecule has 0 aliphatic carbocycles. The van der Waals surface area contributed by atoms with Gasteiger partial charge in [-0.15, -0.1) is 11.3 Å². The van der Waals surface area contributed by atoms with E-state index < -0.39 is 39.5 Å². The summed E-state index contributed by atoms with van der Waals surface area (Å²) in [7, 11) is -3.13. The topological polar surface area (TPSA) is 98.9 Å². The smallest absolute Gasteiger partial charge is 0.419 e. The molecule has 2 heterocycles. The van der Waals surface area contributed by atoms with E-state index in [0.29, 0.717) is 11.6 Å². The van der Waals surface area contributed by atoms with Crippen molar-refractivity contribution in [3.63, 3.8) is 0 Å². The molecule has 33 heavy (non-hydrogen) atoms. The zero-order valence-electron chi connectivity index (χ0n) is 17.3. The third kappa shape index (κ3) is 4.31. The van der Waals surface area contributed by atoms with Crippen LogP contribution in [0.2, 0.25) is 0 Å². The maximum absolute atomic E-state index is 13.3. The minimum atomic E-state index is -4.69. The number of thiophene rings is 1. The Morgan fingerprint density at radius 3 is 2.64 bits per heavy atom. The van der Waals surface area contributed by atoms with Crippen LogP contribution in [0, 0.1) is 0 Å². The van der Waals surface area contributed by atoms with Crippen molar-refractivity contribution in [2.75, 3.05) is 26.8 Å². The van der Waals surface area contributed by atoms with Crippen molar-refractivity contribution in [3.05, 3.63) is 58.5 Å². The molecule has 0 saturated carbocycles. The summed E-state index contributed by atoms with van der Waals surface area (Å²) in [5, 5.41) is 0.733. The molecule has 3 aromatic rings. The minimum Gasteiger partial charge on any atom is -0.496 e. The molecule has 1 amide bonds. The summed E-state index contributed by atoms with van der Waals surface area (Å²) in [5.41, 5.74) is 4.99. The molecule has 2 aromatic carbocycles. The van der Waals surface area contributed by atoms with E-state index in [0.717, 1.165) is 33.6 Å². The molecule has 1 atom stereocenters. The quantitative estimate of drug-likeness (QED) is 0.575. The van der Waals surface area contributed by atoms with E-state index in [2.05, 4.69) is 0 Å². The van der Waals surface area contributed by atoms with Crippen LogP contribution in [0.25, 0.3) is 10.1 Å². The van der Waals surface area contributed by atoms with Crippen molar-refractivity contribution < 1.29 is 35.9 Å². The summed E-state index contributed by atoms with van der Waals surface area (Å²) >= 11 is 1.19. The van der Waals surface area contributed by atoms with Gasteiger partial charge in [-0.2, -0.15) is 17.5 Å². The van der Waals surface area contributed by atoms with E-state index in [9.17, 15) is 26.4 Å². The normalized spacial score (nSPS) is 17.9. The summed E-state index contributed by atoms with van der Waals surface area (Å²) in [6.45, 7) is -0.104. The SMILES string of the molecule is COc1cc(S(=O)(=O)N2CCO[C@H](c3c(C(N)=O)sc4ccccc34)C2)ccc1C(F)(F)F. The average molecular weight is 501 g/mol. The largest absolute Gasteiger partial charge is 0.496 e. The Morgan fingerprint density at radius 2 is 1.97 bits per heavy atom. The summed E-state index contributed by atoms with van der Waals surface area (Å²) in [5.74, 6) is -1.24. The molecule has 7 nitrogen and oxygen atoms in total. The number of morpholine rings is 1. The van der Waals surface area contributed by atoms with Crippen LogP contribution < -0.4 is 10.5 Å². The van der Waals surface area contributed by atoms with Crippen molar-refractivity contribution in [3.8, 4) is 5.75 Å². The first-order chi connectivity index (χ1) is 15.5. The van der Waals surface area contributed by atoms with Crippen molar-refractivity contribution >= 4 is 37.4 Å².